The second-order valence-corrected chi connectivity index (χ2v) is 6.96. The summed E-state index contributed by atoms with van der Waals surface area (Å²) in [5.74, 6) is -0.945. The summed E-state index contributed by atoms with van der Waals surface area (Å²) in [4.78, 5) is 23.9. The highest BCUT2D eigenvalue weighted by Crippen LogP contribution is 2.12. The van der Waals surface area contributed by atoms with Crippen LogP contribution in [0.4, 0.5) is 5.69 Å². The van der Waals surface area contributed by atoms with Crippen molar-refractivity contribution in [3.63, 3.8) is 0 Å². The molecule has 0 spiro atoms. The van der Waals surface area contributed by atoms with Gasteiger partial charge in [0.25, 0.3) is 5.91 Å². The van der Waals surface area contributed by atoms with Crippen LogP contribution >= 0.6 is 0 Å². The number of aromatic nitrogens is 2. The number of hydrogen-bond acceptors (Lipinski definition) is 5. The number of anilines is 1. The maximum atomic E-state index is 12.1. The second-order valence-electron chi connectivity index (χ2n) is 5.40. The third kappa shape index (κ3) is 4.05. The van der Waals surface area contributed by atoms with Crippen LogP contribution in [0, 0.1) is 0 Å². The van der Waals surface area contributed by atoms with Gasteiger partial charge >= 0.3 is 0 Å². The van der Waals surface area contributed by atoms with Crippen molar-refractivity contribution in [1.82, 2.24) is 14.9 Å². The predicted octanol–water partition coefficient (Wildman–Crippen LogP) is 0.350. The standard InChI is InChI=1S/C16H15N5O4S/c17-26(24,25)13-6-4-11(5-7-13)19-15(22)10-18-16(23)14-9-12-3-1-2-8-21(12)20-14/h1-9H,10H2,(H,18,23)(H,19,22)(H2,17,24,25). The lowest BCUT2D eigenvalue weighted by Crippen LogP contribution is -2.33. The molecule has 4 N–H and O–H groups in total. The molecule has 0 saturated heterocycles. The molecule has 0 aliphatic rings. The number of carbonyl (C=O) groups excluding carboxylic acids is 2. The molecule has 1 aromatic carbocycles. The van der Waals surface area contributed by atoms with E-state index in [0.717, 1.165) is 5.52 Å². The molecular formula is C16H15N5O4S. The van der Waals surface area contributed by atoms with Crippen LogP contribution in [0.3, 0.4) is 0 Å². The zero-order valence-electron chi connectivity index (χ0n) is 13.4. The van der Waals surface area contributed by atoms with Crippen LogP contribution in [0.25, 0.3) is 5.52 Å². The molecule has 0 unspecified atom stereocenters. The molecule has 2 aromatic heterocycles. The van der Waals surface area contributed by atoms with Gasteiger partial charge in [-0.05, 0) is 42.5 Å². The van der Waals surface area contributed by atoms with Crippen molar-refractivity contribution in [2.45, 2.75) is 4.90 Å². The molecule has 10 heteroatoms. The Morgan fingerprint density at radius 2 is 1.85 bits per heavy atom. The first kappa shape index (κ1) is 17.6. The number of nitrogens with two attached hydrogens (primary N) is 1. The van der Waals surface area contributed by atoms with Crippen molar-refractivity contribution in [1.29, 1.82) is 0 Å². The minimum Gasteiger partial charge on any atom is -0.342 e. The largest absolute Gasteiger partial charge is 0.342 e. The second kappa shape index (κ2) is 6.94. The fraction of sp³-hybridized carbons (Fsp3) is 0.0625. The normalized spacial score (nSPS) is 11.3. The Hall–Kier alpha value is -3.24. The summed E-state index contributed by atoms with van der Waals surface area (Å²) in [5.41, 5.74) is 1.34. The monoisotopic (exact) mass is 373 g/mol. The van der Waals surface area contributed by atoms with Gasteiger partial charge in [-0.15, -0.1) is 0 Å². The average Bonchev–Trinajstić information content (AvgIpc) is 3.03. The lowest BCUT2D eigenvalue weighted by Gasteiger charge is -2.06. The highest BCUT2D eigenvalue weighted by molar-refractivity contribution is 7.89. The summed E-state index contributed by atoms with van der Waals surface area (Å²) in [5, 5.41) is 14.1. The number of carbonyl (C=O) groups is 2. The highest BCUT2D eigenvalue weighted by Gasteiger charge is 2.12. The number of amides is 2. The average molecular weight is 373 g/mol. The predicted molar refractivity (Wildman–Crippen MR) is 94.0 cm³/mol. The molecule has 9 nitrogen and oxygen atoms in total. The molecule has 0 aliphatic carbocycles. The molecule has 0 radical (unpaired) electrons. The van der Waals surface area contributed by atoms with E-state index in [2.05, 4.69) is 15.7 Å². The van der Waals surface area contributed by atoms with Crippen LogP contribution in [0.5, 0.6) is 0 Å². The third-order valence-electron chi connectivity index (χ3n) is 3.48. The van der Waals surface area contributed by atoms with E-state index in [1.807, 2.05) is 12.1 Å². The zero-order valence-corrected chi connectivity index (χ0v) is 14.2. The summed E-state index contributed by atoms with van der Waals surface area (Å²) in [6.07, 6.45) is 1.71. The Kier molecular flexibility index (Phi) is 4.69. The first-order valence-corrected chi connectivity index (χ1v) is 9.03. The maximum absolute atomic E-state index is 12.1. The van der Waals surface area contributed by atoms with E-state index in [1.165, 1.54) is 24.3 Å². The number of sulfonamides is 1. The van der Waals surface area contributed by atoms with E-state index >= 15 is 0 Å². The number of benzene rings is 1. The molecule has 0 atom stereocenters. The highest BCUT2D eigenvalue weighted by atomic mass is 32.2. The van der Waals surface area contributed by atoms with E-state index in [1.54, 1.807) is 22.8 Å². The van der Waals surface area contributed by atoms with Gasteiger partial charge in [0.2, 0.25) is 15.9 Å². The summed E-state index contributed by atoms with van der Waals surface area (Å²) < 4.78 is 23.9. The quantitative estimate of drug-likeness (QED) is 0.593. The van der Waals surface area contributed by atoms with Gasteiger partial charge in [0.15, 0.2) is 5.69 Å². The molecule has 0 bridgehead atoms. The first-order valence-electron chi connectivity index (χ1n) is 7.48. The smallest absolute Gasteiger partial charge is 0.272 e. The first-order chi connectivity index (χ1) is 12.3. The van der Waals surface area contributed by atoms with Crippen molar-refractivity contribution in [2.24, 2.45) is 5.14 Å². The van der Waals surface area contributed by atoms with E-state index in [0.29, 0.717) is 5.69 Å². The van der Waals surface area contributed by atoms with Gasteiger partial charge in [-0.3, -0.25) is 9.59 Å². The third-order valence-corrected chi connectivity index (χ3v) is 4.41. The van der Waals surface area contributed by atoms with Crippen LogP contribution in [-0.2, 0) is 14.8 Å². The van der Waals surface area contributed by atoms with Crippen LogP contribution in [-0.4, -0.2) is 36.4 Å². The van der Waals surface area contributed by atoms with E-state index < -0.39 is 21.8 Å². The summed E-state index contributed by atoms with van der Waals surface area (Å²) in [6.45, 7) is -0.260. The number of nitrogens with one attached hydrogen (secondary N) is 2. The topological polar surface area (TPSA) is 136 Å². The fourth-order valence-electron chi connectivity index (χ4n) is 2.23. The number of pyridine rings is 1. The Labute approximate surface area is 148 Å². The number of rotatable bonds is 5. The molecule has 3 aromatic rings. The van der Waals surface area contributed by atoms with Crippen LogP contribution in [0.1, 0.15) is 10.5 Å². The SMILES string of the molecule is NS(=O)(=O)c1ccc(NC(=O)CNC(=O)c2cc3ccccn3n2)cc1. The van der Waals surface area contributed by atoms with Gasteiger partial charge < -0.3 is 10.6 Å². The molecular weight excluding hydrogens is 358 g/mol. The Balaban J connectivity index is 1.57. The van der Waals surface area contributed by atoms with Crippen molar-refractivity contribution < 1.29 is 18.0 Å². The number of nitrogens with zero attached hydrogens (tertiary/aromatic N) is 2. The van der Waals surface area contributed by atoms with Crippen molar-refractivity contribution in [3.8, 4) is 0 Å². The Morgan fingerprint density at radius 1 is 1.12 bits per heavy atom. The molecule has 0 fully saturated rings. The number of hydrogen-bond donors (Lipinski definition) is 3. The molecule has 2 amide bonds. The van der Waals surface area contributed by atoms with Gasteiger partial charge in [0.1, 0.15) is 0 Å². The minimum absolute atomic E-state index is 0.0596. The van der Waals surface area contributed by atoms with Gasteiger partial charge in [-0.25, -0.2) is 18.1 Å². The lowest BCUT2D eigenvalue weighted by molar-refractivity contribution is -0.115. The van der Waals surface area contributed by atoms with Crippen LogP contribution < -0.4 is 15.8 Å². The van der Waals surface area contributed by atoms with Gasteiger partial charge in [-0.2, -0.15) is 5.10 Å². The van der Waals surface area contributed by atoms with Crippen molar-refractivity contribution in [2.75, 3.05) is 11.9 Å². The lowest BCUT2D eigenvalue weighted by atomic mass is 10.3. The zero-order chi connectivity index (χ0) is 18.7. The Morgan fingerprint density at radius 3 is 2.50 bits per heavy atom. The van der Waals surface area contributed by atoms with Crippen molar-refractivity contribution >= 4 is 33.0 Å². The molecule has 3 rings (SSSR count). The van der Waals surface area contributed by atoms with E-state index in [-0.39, 0.29) is 17.1 Å². The number of fused-ring (bicyclic) bond motifs is 1. The summed E-state index contributed by atoms with van der Waals surface area (Å²) >= 11 is 0. The Bertz CT molecular complexity index is 1040. The van der Waals surface area contributed by atoms with E-state index in [9.17, 15) is 18.0 Å². The van der Waals surface area contributed by atoms with Gasteiger partial charge in [-0.1, -0.05) is 6.07 Å². The fourth-order valence-corrected chi connectivity index (χ4v) is 2.75. The minimum atomic E-state index is -3.79. The van der Waals surface area contributed by atoms with Gasteiger partial charge in [0, 0.05) is 11.9 Å². The molecule has 0 saturated carbocycles. The molecule has 2 heterocycles. The molecule has 134 valence electrons. The molecule has 26 heavy (non-hydrogen) atoms. The van der Waals surface area contributed by atoms with Crippen LogP contribution in [0.2, 0.25) is 0 Å². The van der Waals surface area contributed by atoms with Gasteiger partial charge in [0.05, 0.1) is 17.0 Å². The number of primary sulfonamides is 1. The van der Waals surface area contributed by atoms with Crippen molar-refractivity contribution in [3.05, 3.63) is 60.4 Å². The molecule has 0 aliphatic heterocycles. The van der Waals surface area contributed by atoms with Crippen LogP contribution in [0.15, 0.2) is 59.6 Å². The maximum Gasteiger partial charge on any atom is 0.272 e. The summed E-state index contributed by atoms with van der Waals surface area (Å²) in [6, 6.07) is 12.4. The van der Waals surface area contributed by atoms with E-state index in [4.69, 9.17) is 5.14 Å². The summed E-state index contributed by atoms with van der Waals surface area (Å²) in [7, 11) is -3.79.